The molecule has 0 radical (unpaired) electrons. The lowest BCUT2D eigenvalue weighted by Gasteiger charge is -1.98. The van der Waals surface area contributed by atoms with Gasteiger partial charge in [-0.25, -0.2) is 8.42 Å². The summed E-state index contributed by atoms with van der Waals surface area (Å²) in [5.41, 5.74) is 0. The molecule has 11 heavy (non-hydrogen) atoms. The molecular formula is C6H11ClO3S. The Morgan fingerprint density at radius 2 is 1.91 bits per heavy atom. The van der Waals surface area contributed by atoms with Crippen molar-refractivity contribution in [2.24, 2.45) is 0 Å². The summed E-state index contributed by atoms with van der Waals surface area (Å²) in [5.74, 6) is -0.125. The largest absolute Gasteiger partial charge is 0.300 e. The summed E-state index contributed by atoms with van der Waals surface area (Å²) in [6.45, 7) is 1.37. The molecule has 0 amide bonds. The van der Waals surface area contributed by atoms with Gasteiger partial charge in [0, 0.05) is 12.3 Å². The molecule has 0 aliphatic heterocycles. The van der Waals surface area contributed by atoms with Crippen LogP contribution in [0.4, 0.5) is 0 Å². The van der Waals surface area contributed by atoms with Gasteiger partial charge in [0.2, 0.25) is 0 Å². The maximum absolute atomic E-state index is 10.9. The number of ketones is 1. The Kier molecular flexibility index (Phi) is 4.68. The van der Waals surface area contributed by atoms with E-state index in [2.05, 4.69) is 0 Å². The van der Waals surface area contributed by atoms with Crippen molar-refractivity contribution in [3.05, 3.63) is 0 Å². The van der Waals surface area contributed by atoms with E-state index in [1.165, 1.54) is 6.92 Å². The van der Waals surface area contributed by atoms with Crippen molar-refractivity contribution in [2.45, 2.75) is 13.3 Å². The van der Waals surface area contributed by atoms with Gasteiger partial charge in [-0.05, 0) is 6.92 Å². The fraction of sp³-hybridized carbons (Fsp3) is 0.833. The fourth-order valence-electron chi connectivity index (χ4n) is 0.519. The molecule has 0 aliphatic carbocycles. The van der Waals surface area contributed by atoms with E-state index >= 15 is 0 Å². The Hall–Kier alpha value is -0.0900. The molecule has 0 N–H and O–H groups in total. The maximum atomic E-state index is 10.9. The summed E-state index contributed by atoms with van der Waals surface area (Å²) in [5, 5.41) is 0. The number of hydrogen-bond donors (Lipinski definition) is 0. The molecule has 3 nitrogen and oxygen atoms in total. The lowest BCUT2D eigenvalue weighted by Crippen LogP contribution is -2.14. The molecule has 0 spiro atoms. The van der Waals surface area contributed by atoms with Crippen LogP contribution in [0.1, 0.15) is 13.3 Å². The molecule has 0 fully saturated rings. The summed E-state index contributed by atoms with van der Waals surface area (Å²) in [6, 6.07) is 0. The zero-order valence-electron chi connectivity index (χ0n) is 6.34. The van der Waals surface area contributed by atoms with Crippen LogP contribution in [0.2, 0.25) is 0 Å². The van der Waals surface area contributed by atoms with Crippen LogP contribution in [0.25, 0.3) is 0 Å². The summed E-state index contributed by atoms with van der Waals surface area (Å²) >= 11 is 5.24. The second-order valence-electron chi connectivity index (χ2n) is 2.29. The Morgan fingerprint density at radius 1 is 1.36 bits per heavy atom. The van der Waals surface area contributed by atoms with Crippen molar-refractivity contribution in [2.75, 3.05) is 17.4 Å². The first-order valence-corrected chi connectivity index (χ1v) is 5.59. The first kappa shape index (κ1) is 10.9. The number of rotatable bonds is 5. The van der Waals surface area contributed by atoms with E-state index in [4.69, 9.17) is 11.6 Å². The van der Waals surface area contributed by atoms with Crippen LogP contribution < -0.4 is 0 Å². The molecule has 0 unspecified atom stereocenters. The van der Waals surface area contributed by atoms with Crippen LogP contribution in [-0.4, -0.2) is 31.6 Å². The molecule has 66 valence electrons. The van der Waals surface area contributed by atoms with Gasteiger partial charge in [-0.1, -0.05) is 0 Å². The molecule has 0 atom stereocenters. The smallest absolute Gasteiger partial charge is 0.151 e. The van der Waals surface area contributed by atoms with Gasteiger partial charge in [0.05, 0.1) is 11.5 Å². The number of sulfone groups is 1. The first-order chi connectivity index (χ1) is 4.98. The van der Waals surface area contributed by atoms with E-state index in [9.17, 15) is 13.2 Å². The molecule has 0 bridgehead atoms. The van der Waals surface area contributed by atoms with E-state index in [-0.39, 0.29) is 29.6 Å². The highest BCUT2D eigenvalue weighted by Gasteiger charge is 2.10. The van der Waals surface area contributed by atoms with Gasteiger partial charge in [-0.2, -0.15) is 0 Å². The van der Waals surface area contributed by atoms with E-state index < -0.39 is 9.84 Å². The van der Waals surface area contributed by atoms with Gasteiger partial charge in [0.1, 0.15) is 5.78 Å². The molecule has 0 rings (SSSR count). The minimum absolute atomic E-state index is 0.0398. The third kappa shape index (κ3) is 6.31. The SMILES string of the molecule is CC(=O)CCS(=O)(=O)CCCl. The lowest BCUT2D eigenvalue weighted by molar-refractivity contribution is -0.116. The van der Waals surface area contributed by atoms with Crippen molar-refractivity contribution in [3.8, 4) is 0 Å². The molecule has 5 heteroatoms. The van der Waals surface area contributed by atoms with Crippen molar-refractivity contribution in [1.82, 2.24) is 0 Å². The molecule has 0 aromatic heterocycles. The summed E-state index contributed by atoms with van der Waals surface area (Å²) in [7, 11) is -3.08. The predicted octanol–water partition coefficient (Wildman–Crippen LogP) is 0.619. The van der Waals surface area contributed by atoms with Crippen molar-refractivity contribution < 1.29 is 13.2 Å². The normalized spacial score (nSPS) is 11.5. The van der Waals surface area contributed by atoms with Crippen LogP contribution in [-0.2, 0) is 14.6 Å². The van der Waals surface area contributed by atoms with Gasteiger partial charge in [0.15, 0.2) is 9.84 Å². The first-order valence-electron chi connectivity index (χ1n) is 3.24. The summed E-state index contributed by atoms with van der Waals surface area (Å²) in [6.07, 6.45) is 0.0965. The molecule has 0 saturated carbocycles. The van der Waals surface area contributed by atoms with E-state index in [0.29, 0.717) is 0 Å². The number of halogens is 1. The zero-order chi connectivity index (χ0) is 8.91. The monoisotopic (exact) mass is 198 g/mol. The average molecular weight is 199 g/mol. The van der Waals surface area contributed by atoms with Crippen LogP contribution in [0, 0.1) is 0 Å². The Labute approximate surface area is 71.7 Å². The standard InChI is InChI=1S/C6H11ClO3S/c1-6(8)2-4-11(9,10)5-3-7/h2-5H2,1H3. The van der Waals surface area contributed by atoms with Gasteiger partial charge < -0.3 is 0 Å². The number of hydrogen-bond acceptors (Lipinski definition) is 3. The molecule has 0 aromatic rings. The quantitative estimate of drug-likeness (QED) is 0.609. The highest BCUT2D eigenvalue weighted by molar-refractivity contribution is 7.91. The minimum atomic E-state index is -3.08. The van der Waals surface area contributed by atoms with Crippen LogP contribution in [0.15, 0.2) is 0 Å². The number of Topliss-reactive ketones (excluding diaryl/α,β-unsaturated/α-hetero) is 1. The summed E-state index contributed by atoms with van der Waals surface area (Å²) in [4.78, 5) is 10.4. The molecule has 0 heterocycles. The van der Waals surface area contributed by atoms with Crippen LogP contribution >= 0.6 is 11.6 Å². The van der Waals surface area contributed by atoms with E-state index in [1.54, 1.807) is 0 Å². The van der Waals surface area contributed by atoms with Gasteiger partial charge in [0.25, 0.3) is 0 Å². The number of carbonyl (C=O) groups excluding carboxylic acids is 1. The average Bonchev–Trinajstić information content (AvgIpc) is 1.84. The number of alkyl halides is 1. The Morgan fingerprint density at radius 3 is 2.27 bits per heavy atom. The molecule has 0 saturated heterocycles. The van der Waals surface area contributed by atoms with Crippen LogP contribution in [0.5, 0.6) is 0 Å². The summed E-state index contributed by atoms with van der Waals surface area (Å²) < 4.78 is 21.8. The highest BCUT2D eigenvalue weighted by Crippen LogP contribution is 1.95. The van der Waals surface area contributed by atoms with E-state index in [1.807, 2.05) is 0 Å². The number of carbonyl (C=O) groups is 1. The minimum Gasteiger partial charge on any atom is -0.300 e. The molecular weight excluding hydrogens is 188 g/mol. The molecule has 0 aromatic carbocycles. The second-order valence-corrected chi connectivity index (χ2v) is 4.97. The Balaban J connectivity index is 3.84. The maximum Gasteiger partial charge on any atom is 0.151 e. The second kappa shape index (κ2) is 4.72. The highest BCUT2D eigenvalue weighted by atomic mass is 35.5. The topological polar surface area (TPSA) is 51.2 Å². The van der Waals surface area contributed by atoms with Crippen molar-refractivity contribution >= 4 is 27.2 Å². The Bertz CT molecular complexity index is 220. The van der Waals surface area contributed by atoms with Gasteiger partial charge >= 0.3 is 0 Å². The predicted molar refractivity (Wildman–Crippen MR) is 44.7 cm³/mol. The van der Waals surface area contributed by atoms with Crippen LogP contribution in [0.3, 0.4) is 0 Å². The van der Waals surface area contributed by atoms with Crippen molar-refractivity contribution in [3.63, 3.8) is 0 Å². The van der Waals surface area contributed by atoms with Gasteiger partial charge in [-0.15, -0.1) is 11.6 Å². The van der Waals surface area contributed by atoms with E-state index in [0.717, 1.165) is 0 Å². The fourth-order valence-corrected chi connectivity index (χ4v) is 2.26. The third-order valence-corrected chi connectivity index (χ3v) is 3.22. The lowest BCUT2D eigenvalue weighted by atomic mass is 10.4. The third-order valence-electron chi connectivity index (χ3n) is 1.15. The van der Waals surface area contributed by atoms with Crippen molar-refractivity contribution in [1.29, 1.82) is 0 Å². The van der Waals surface area contributed by atoms with Gasteiger partial charge in [-0.3, -0.25) is 4.79 Å². The molecule has 0 aliphatic rings. The zero-order valence-corrected chi connectivity index (χ0v) is 7.91.